The highest BCUT2D eigenvalue weighted by molar-refractivity contribution is 5.58. The normalized spacial score (nSPS) is 10.3. The maximum atomic E-state index is 5.46. The van der Waals surface area contributed by atoms with E-state index >= 15 is 0 Å². The van der Waals surface area contributed by atoms with E-state index < -0.39 is 0 Å². The molecule has 0 bridgehead atoms. The third-order valence-corrected chi connectivity index (χ3v) is 2.28. The summed E-state index contributed by atoms with van der Waals surface area (Å²) in [6, 6.07) is 12.1. The zero-order valence-electron chi connectivity index (χ0n) is 8.64. The molecule has 2 N–H and O–H groups in total. The predicted octanol–water partition coefficient (Wildman–Crippen LogP) is 1.91. The molecular formula is C12H13N3. The van der Waals surface area contributed by atoms with Crippen molar-refractivity contribution in [1.82, 2.24) is 10.2 Å². The van der Waals surface area contributed by atoms with Gasteiger partial charge in [0.2, 0.25) is 0 Å². The number of nitrogens with zero attached hydrogens (tertiary/aromatic N) is 2. The van der Waals surface area contributed by atoms with Crippen molar-refractivity contribution in [3.63, 3.8) is 0 Å². The first-order chi connectivity index (χ1) is 7.29. The first-order valence-electron chi connectivity index (χ1n) is 4.89. The lowest BCUT2D eigenvalue weighted by atomic mass is 10.1. The minimum absolute atomic E-state index is 0.432. The lowest BCUT2D eigenvalue weighted by Gasteiger charge is -2.01. The molecule has 0 fully saturated rings. The molecular weight excluding hydrogens is 186 g/mol. The monoisotopic (exact) mass is 199 g/mol. The molecule has 0 atom stereocenters. The average molecular weight is 199 g/mol. The third kappa shape index (κ3) is 2.19. The highest BCUT2D eigenvalue weighted by Gasteiger charge is 1.99. The molecule has 0 spiro atoms. The molecule has 2 rings (SSSR count). The second-order valence-corrected chi connectivity index (χ2v) is 3.48. The topological polar surface area (TPSA) is 51.8 Å². The van der Waals surface area contributed by atoms with Crippen LogP contribution in [-0.4, -0.2) is 10.2 Å². The summed E-state index contributed by atoms with van der Waals surface area (Å²) in [6.07, 6.45) is 0. The number of rotatable bonds is 2. The molecule has 3 nitrogen and oxygen atoms in total. The van der Waals surface area contributed by atoms with Crippen LogP contribution in [0.25, 0.3) is 11.3 Å². The fourth-order valence-corrected chi connectivity index (χ4v) is 1.35. The maximum Gasteiger partial charge on any atom is 0.0929 e. The number of aromatic nitrogens is 2. The Labute approximate surface area is 89.0 Å². The van der Waals surface area contributed by atoms with Gasteiger partial charge in [-0.15, -0.1) is 0 Å². The van der Waals surface area contributed by atoms with E-state index in [9.17, 15) is 0 Å². The molecule has 0 aliphatic carbocycles. The van der Waals surface area contributed by atoms with Crippen LogP contribution in [0.3, 0.4) is 0 Å². The van der Waals surface area contributed by atoms with Crippen molar-refractivity contribution >= 4 is 0 Å². The van der Waals surface area contributed by atoms with Crippen LogP contribution in [0.2, 0.25) is 0 Å². The van der Waals surface area contributed by atoms with Crippen molar-refractivity contribution in [2.75, 3.05) is 0 Å². The van der Waals surface area contributed by atoms with E-state index in [1.807, 2.05) is 24.3 Å². The average Bonchev–Trinajstić information content (AvgIpc) is 2.30. The van der Waals surface area contributed by atoms with Crippen molar-refractivity contribution in [2.24, 2.45) is 5.73 Å². The van der Waals surface area contributed by atoms with Crippen LogP contribution in [0.15, 0.2) is 36.4 Å². The molecule has 3 heteroatoms. The number of benzene rings is 1. The van der Waals surface area contributed by atoms with Gasteiger partial charge in [0.15, 0.2) is 0 Å². The van der Waals surface area contributed by atoms with Crippen LogP contribution in [0, 0.1) is 6.92 Å². The highest BCUT2D eigenvalue weighted by Crippen LogP contribution is 2.16. The Balaban J connectivity index is 2.33. The molecule has 15 heavy (non-hydrogen) atoms. The van der Waals surface area contributed by atoms with Gasteiger partial charge in [0.25, 0.3) is 0 Å². The molecule has 1 aromatic carbocycles. The Bertz CT molecular complexity index is 431. The van der Waals surface area contributed by atoms with Gasteiger partial charge in [-0.25, -0.2) is 0 Å². The first-order valence-corrected chi connectivity index (χ1v) is 4.89. The van der Waals surface area contributed by atoms with Gasteiger partial charge in [-0.2, -0.15) is 10.2 Å². The molecule has 1 heterocycles. The molecule has 0 amide bonds. The molecule has 0 aliphatic rings. The fourth-order valence-electron chi connectivity index (χ4n) is 1.35. The Kier molecular flexibility index (Phi) is 2.74. The van der Waals surface area contributed by atoms with Crippen molar-refractivity contribution in [3.05, 3.63) is 47.7 Å². The zero-order valence-corrected chi connectivity index (χ0v) is 8.64. The largest absolute Gasteiger partial charge is 0.325 e. The minimum atomic E-state index is 0.432. The molecule has 0 aliphatic heterocycles. The van der Waals surface area contributed by atoms with E-state index in [-0.39, 0.29) is 0 Å². The van der Waals surface area contributed by atoms with Crippen LogP contribution in [-0.2, 0) is 6.54 Å². The van der Waals surface area contributed by atoms with Gasteiger partial charge in [-0.1, -0.05) is 29.8 Å². The summed E-state index contributed by atoms with van der Waals surface area (Å²) >= 11 is 0. The van der Waals surface area contributed by atoms with Crippen LogP contribution in [0.4, 0.5) is 0 Å². The van der Waals surface area contributed by atoms with Crippen LogP contribution < -0.4 is 5.73 Å². The smallest absolute Gasteiger partial charge is 0.0929 e. The Morgan fingerprint density at radius 2 is 1.73 bits per heavy atom. The molecule has 1 aromatic heterocycles. The van der Waals surface area contributed by atoms with Crippen LogP contribution >= 0.6 is 0 Å². The summed E-state index contributed by atoms with van der Waals surface area (Å²) in [6.45, 7) is 2.49. The first kappa shape index (κ1) is 9.80. The van der Waals surface area contributed by atoms with Gasteiger partial charge in [-0.3, -0.25) is 0 Å². The van der Waals surface area contributed by atoms with E-state index in [2.05, 4.69) is 29.3 Å². The van der Waals surface area contributed by atoms with Gasteiger partial charge in [0, 0.05) is 12.1 Å². The Morgan fingerprint density at radius 3 is 2.27 bits per heavy atom. The van der Waals surface area contributed by atoms with Crippen molar-refractivity contribution in [2.45, 2.75) is 13.5 Å². The van der Waals surface area contributed by atoms with Crippen molar-refractivity contribution < 1.29 is 0 Å². The summed E-state index contributed by atoms with van der Waals surface area (Å²) in [5.74, 6) is 0. The third-order valence-electron chi connectivity index (χ3n) is 2.28. The summed E-state index contributed by atoms with van der Waals surface area (Å²) in [5.41, 5.74) is 9.47. The van der Waals surface area contributed by atoms with E-state index in [0.29, 0.717) is 6.54 Å². The molecule has 0 saturated heterocycles. The van der Waals surface area contributed by atoms with Crippen LogP contribution in [0.1, 0.15) is 11.3 Å². The van der Waals surface area contributed by atoms with E-state index in [1.165, 1.54) is 5.56 Å². The summed E-state index contributed by atoms with van der Waals surface area (Å²) in [5, 5.41) is 8.14. The number of nitrogens with two attached hydrogens (primary N) is 1. The van der Waals surface area contributed by atoms with Gasteiger partial charge >= 0.3 is 0 Å². The number of aryl methyl sites for hydroxylation is 1. The standard InChI is InChI=1S/C12H13N3/c1-9-2-4-10(5-3-9)12-7-6-11(8-13)14-15-12/h2-7H,8,13H2,1H3. The van der Waals surface area contributed by atoms with E-state index in [0.717, 1.165) is 17.0 Å². The fraction of sp³-hybridized carbons (Fsp3) is 0.167. The van der Waals surface area contributed by atoms with Crippen LogP contribution in [0.5, 0.6) is 0 Å². The molecule has 0 radical (unpaired) electrons. The Morgan fingerprint density at radius 1 is 1.00 bits per heavy atom. The highest BCUT2D eigenvalue weighted by atomic mass is 15.1. The molecule has 2 aromatic rings. The second-order valence-electron chi connectivity index (χ2n) is 3.48. The van der Waals surface area contributed by atoms with Gasteiger partial charge in [0.05, 0.1) is 11.4 Å². The number of hydrogen-bond donors (Lipinski definition) is 1. The van der Waals surface area contributed by atoms with Gasteiger partial charge < -0.3 is 5.73 Å². The maximum absolute atomic E-state index is 5.46. The second kappa shape index (κ2) is 4.19. The van der Waals surface area contributed by atoms with Crippen molar-refractivity contribution in [1.29, 1.82) is 0 Å². The Hall–Kier alpha value is -1.74. The summed E-state index contributed by atoms with van der Waals surface area (Å²) in [7, 11) is 0. The lowest BCUT2D eigenvalue weighted by molar-refractivity contribution is 0.902. The number of hydrogen-bond acceptors (Lipinski definition) is 3. The molecule has 76 valence electrons. The SMILES string of the molecule is Cc1ccc(-c2ccc(CN)nn2)cc1. The summed E-state index contributed by atoms with van der Waals surface area (Å²) in [4.78, 5) is 0. The van der Waals surface area contributed by atoms with Crippen molar-refractivity contribution in [3.8, 4) is 11.3 Å². The van der Waals surface area contributed by atoms with Gasteiger partial charge in [0.1, 0.15) is 0 Å². The lowest BCUT2D eigenvalue weighted by Crippen LogP contribution is -2.01. The molecule has 0 saturated carbocycles. The molecule has 0 unspecified atom stereocenters. The summed E-state index contributed by atoms with van der Waals surface area (Å²) < 4.78 is 0. The zero-order chi connectivity index (χ0) is 10.7. The van der Waals surface area contributed by atoms with Gasteiger partial charge in [-0.05, 0) is 19.1 Å². The predicted molar refractivity (Wildman–Crippen MR) is 60.1 cm³/mol. The minimum Gasteiger partial charge on any atom is -0.325 e. The van der Waals surface area contributed by atoms with E-state index in [1.54, 1.807) is 0 Å². The van der Waals surface area contributed by atoms with E-state index in [4.69, 9.17) is 5.73 Å². The quantitative estimate of drug-likeness (QED) is 0.803.